The molecule has 0 aromatic carbocycles. The lowest BCUT2D eigenvalue weighted by molar-refractivity contribution is 0.553. The lowest BCUT2D eigenvalue weighted by Crippen LogP contribution is -2.00. The molecule has 2 aromatic heterocycles. The molecule has 0 aliphatic heterocycles. The highest BCUT2D eigenvalue weighted by atomic mass is 35.5. The van der Waals surface area contributed by atoms with E-state index in [2.05, 4.69) is 4.98 Å². The summed E-state index contributed by atoms with van der Waals surface area (Å²) in [5, 5.41) is 0.849. The lowest BCUT2D eigenvalue weighted by atomic mass is 10.3. The van der Waals surface area contributed by atoms with Crippen molar-refractivity contribution in [3.8, 4) is 0 Å². The van der Waals surface area contributed by atoms with Crippen LogP contribution in [-0.4, -0.2) is 4.98 Å². The summed E-state index contributed by atoms with van der Waals surface area (Å²) < 4.78 is 5.23. The van der Waals surface area contributed by atoms with Gasteiger partial charge in [-0.05, 0) is 13.0 Å². The number of fused-ring (bicyclic) bond motifs is 1. The number of pyridine rings is 1. The van der Waals surface area contributed by atoms with Gasteiger partial charge in [0.15, 0.2) is 5.43 Å². The minimum atomic E-state index is -0.117. The third-order valence-electron chi connectivity index (χ3n) is 1.68. The summed E-state index contributed by atoms with van der Waals surface area (Å²) in [5.41, 5.74) is 0.211. The van der Waals surface area contributed by atoms with Gasteiger partial charge in [0.1, 0.15) is 5.76 Å². The number of halogens is 1. The zero-order valence-corrected chi connectivity index (χ0v) is 7.63. The van der Waals surface area contributed by atoms with Gasteiger partial charge in [0, 0.05) is 12.3 Å². The van der Waals surface area contributed by atoms with E-state index in [9.17, 15) is 4.79 Å². The predicted molar refractivity (Wildman–Crippen MR) is 50.0 cm³/mol. The van der Waals surface area contributed by atoms with E-state index in [1.165, 1.54) is 12.3 Å². The Morgan fingerprint density at radius 1 is 1.46 bits per heavy atom. The van der Waals surface area contributed by atoms with Gasteiger partial charge in [0.05, 0.1) is 10.4 Å². The molecule has 0 saturated heterocycles. The first kappa shape index (κ1) is 8.26. The molecule has 0 saturated carbocycles. The molecular weight excluding hydrogens is 190 g/mol. The second-order valence-corrected chi connectivity index (χ2v) is 3.16. The number of nitrogens with zero attached hydrogens (tertiary/aromatic N) is 1. The van der Waals surface area contributed by atoms with Crippen LogP contribution in [0.2, 0.25) is 5.02 Å². The number of aryl methyl sites for hydroxylation is 1. The molecule has 2 rings (SSSR count). The second kappa shape index (κ2) is 2.85. The number of aromatic nitrogens is 1. The molecule has 13 heavy (non-hydrogen) atoms. The molecule has 0 radical (unpaired) electrons. The van der Waals surface area contributed by atoms with Gasteiger partial charge >= 0.3 is 0 Å². The molecule has 0 bridgehead atoms. The third-order valence-corrected chi connectivity index (χ3v) is 1.88. The van der Waals surface area contributed by atoms with Gasteiger partial charge in [-0.25, -0.2) is 4.98 Å². The van der Waals surface area contributed by atoms with Gasteiger partial charge in [0.25, 0.3) is 0 Å². The molecule has 0 fully saturated rings. The minimum absolute atomic E-state index is 0.117. The molecule has 0 unspecified atom stereocenters. The van der Waals surface area contributed by atoms with Crippen molar-refractivity contribution in [2.75, 3.05) is 0 Å². The van der Waals surface area contributed by atoms with Gasteiger partial charge in [-0.2, -0.15) is 0 Å². The van der Waals surface area contributed by atoms with Crippen molar-refractivity contribution >= 4 is 22.7 Å². The van der Waals surface area contributed by atoms with Gasteiger partial charge in [-0.15, -0.1) is 0 Å². The SMILES string of the molecule is Cc1cc(=O)c2cc(Cl)cnc2o1. The van der Waals surface area contributed by atoms with Gasteiger partial charge in [-0.1, -0.05) is 11.6 Å². The molecule has 4 heteroatoms. The van der Waals surface area contributed by atoms with Crippen molar-refractivity contribution in [2.45, 2.75) is 6.92 Å². The summed E-state index contributed by atoms with van der Waals surface area (Å²) >= 11 is 5.69. The topological polar surface area (TPSA) is 43.1 Å². The number of hydrogen-bond donors (Lipinski definition) is 0. The normalized spacial score (nSPS) is 10.6. The van der Waals surface area contributed by atoms with Crippen LogP contribution in [-0.2, 0) is 0 Å². The fraction of sp³-hybridized carbons (Fsp3) is 0.111. The van der Waals surface area contributed by atoms with E-state index < -0.39 is 0 Å². The monoisotopic (exact) mass is 195 g/mol. The van der Waals surface area contributed by atoms with Crippen molar-refractivity contribution in [2.24, 2.45) is 0 Å². The van der Waals surface area contributed by atoms with Crippen LogP contribution in [0.1, 0.15) is 5.76 Å². The zero-order valence-electron chi connectivity index (χ0n) is 6.87. The molecular formula is C9H6ClNO2. The standard InChI is InChI=1S/C9H6ClNO2/c1-5-2-8(12)7-3-6(10)4-11-9(7)13-5/h2-4H,1H3. The van der Waals surface area contributed by atoms with Crippen molar-refractivity contribution in [1.82, 2.24) is 4.98 Å². The molecule has 0 aliphatic rings. The van der Waals surface area contributed by atoms with Crippen LogP contribution in [0.4, 0.5) is 0 Å². The van der Waals surface area contributed by atoms with E-state index in [0.717, 1.165) is 0 Å². The van der Waals surface area contributed by atoms with E-state index in [1.54, 1.807) is 13.0 Å². The van der Waals surface area contributed by atoms with Gasteiger partial charge in [0.2, 0.25) is 5.71 Å². The molecule has 2 heterocycles. The van der Waals surface area contributed by atoms with Crippen LogP contribution in [0, 0.1) is 6.92 Å². The summed E-state index contributed by atoms with van der Waals surface area (Å²) in [6.45, 7) is 1.71. The Morgan fingerprint density at radius 3 is 3.00 bits per heavy atom. The van der Waals surface area contributed by atoms with Crippen molar-refractivity contribution in [3.63, 3.8) is 0 Å². The lowest BCUT2D eigenvalue weighted by Gasteiger charge is -1.96. The quantitative estimate of drug-likeness (QED) is 0.647. The van der Waals surface area contributed by atoms with Crippen molar-refractivity contribution < 1.29 is 4.42 Å². The highest BCUT2D eigenvalue weighted by molar-refractivity contribution is 6.31. The first-order valence-corrected chi connectivity index (χ1v) is 4.10. The largest absolute Gasteiger partial charge is 0.443 e. The van der Waals surface area contributed by atoms with E-state index in [4.69, 9.17) is 16.0 Å². The van der Waals surface area contributed by atoms with Crippen LogP contribution in [0.15, 0.2) is 27.5 Å². The average Bonchev–Trinajstić information content (AvgIpc) is 2.06. The summed E-state index contributed by atoms with van der Waals surface area (Å²) in [5.74, 6) is 0.548. The van der Waals surface area contributed by atoms with Crippen LogP contribution in [0.25, 0.3) is 11.1 Å². The molecule has 0 aliphatic carbocycles. The molecule has 0 amide bonds. The van der Waals surface area contributed by atoms with Crippen LogP contribution >= 0.6 is 11.6 Å². The van der Waals surface area contributed by atoms with Crippen LogP contribution < -0.4 is 5.43 Å². The number of hydrogen-bond acceptors (Lipinski definition) is 3. The van der Waals surface area contributed by atoms with Gasteiger partial charge in [-0.3, -0.25) is 4.79 Å². The molecule has 0 spiro atoms. The highest BCUT2D eigenvalue weighted by Gasteiger charge is 2.03. The summed E-state index contributed by atoms with van der Waals surface area (Å²) in [6.07, 6.45) is 1.45. The van der Waals surface area contributed by atoms with E-state index in [0.29, 0.717) is 21.9 Å². The third kappa shape index (κ3) is 1.42. The Bertz CT molecular complexity index is 518. The van der Waals surface area contributed by atoms with Gasteiger partial charge < -0.3 is 4.42 Å². The fourth-order valence-electron chi connectivity index (χ4n) is 1.13. The van der Waals surface area contributed by atoms with Crippen LogP contribution in [0.5, 0.6) is 0 Å². The summed E-state index contributed by atoms with van der Waals surface area (Å²) in [4.78, 5) is 15.3. The van der Waals surface area contributed by atoms with E-state index in [-0.39, 0.29) is 5.43 Å². The molecule has 0 atom stereocenters. The first-order valence-electron chi connectivity index (χ1n) is 3.73. The predicted octanol–water partition coefficient (Wildman–Crippen LogP) is 2.15. The Balaban J connectivity index is 2.95. The molecule has 66 valence electrons. The zero-order chi connectivity index (χ0) is 9.42. The smallest absolute Gasteiger partial charge is 0.230 e. The maximum Gasteiger partial charge on any atom is 0.230 e. The second-order valence-electron chi connectivity index (χ2n) is 2.73. The fourth-order valence-corrected chi connectivity index (χ4v) is 1.29. The highest BCUT2D eigenvalue weighted by Crippen LogP contribution is 2.13. The molecule has 2 aromatic rings. The maximum atomic E-state index is 11.4. The average molecular weight is 196 g/mol. The Kier molecular flexibility index (Phi) is 1.81. The summed E-state index contributed by atoms with van der Waals surface area (Å²) in [7, 11) is 0. The van der Waals surface area contributed by atoms with Crippen molar-refractivity contribution in [3.05, 3.63) is 39.3 Å². The minimum Gasteiger partial charge on any atom is -0.443 e. The maximum absolute atomic E-state index is 11.4. The Hall–Kier alpha value is -1.35. The Labute approximate surface area is 79.0 Å². The first-order chi connectivity index (χ1) is 6.16. The summed E-state index contributed by atoms with van der Waals surface area (Å²) in [6, 6.07) is 2.97. The molecule has 3 nitrogen and oxygen atoms in total. The number of rotatable bonds is 0. The van der Waals surface area contributed by atoms with Crippen molar-refractivity contribution in [1.29, 1.82) is 0 Å². The van der Waals surface area contributed by atoms with Crippen LogP contribution in [0.3, 0.4) is 0 Å². The Morgan fingerprint density at radius 2 is 2.23 bits per heavy atom. The van der Waals surface area contributed by atoms with E-state index >= 15 is 0 Å². The molecule has 0 N–H and O–H groups in total. The van der Waals surface area contributed by atoms with E-state index in [1.807, 2.05) is 0 Å².